The number of esters is 1. The van der Waals surface area contributed by atoms with Gasteiger partial charge >= 0.3 is 5.97 Å². The fourth-order valence-electron chi connectivity index (χ4n) is 2.47. The van der Waals surface area contributed by atoms with Crippen molar-refractivity contribution < 1.29 is 19.1 Å². The lowest BCUT2D eigenvalue weighted by Gasteiger charge is -2.16. The molecule has 0 bridgehead atoms. The Balaban J connectivity index is 2.08. The molecular formula is C20H22ClNO4. The van der Waals surface area contributed by atoms with Crippen LogP contribution in [0, 0.1) is 13.8 Å². The molecule has 0 saturated heterocycles. The molecule has 1 atom stereocenters. The van der Waals surface area contributed by atoms with Gasteiger partial charge in [-0.05, 0) is 69.2 Å². The van der Waals surface area contributed by atoms with Crippen molar-refractivity contribution in [3.8, 4) is 5.75 Å². The zero-order valence-corrected chi connectivity index (χ0v) is 16.0. The number of amides is 1. The molecule has 0 aliphatic carbocycles. The van der Waals surface area contributed by atoms with Crippen molar-refractivity contribution in [1.82, 2.24) is 0 Å². The van der Waals surface area contributed by atoms with Crippen molar-refractivity contribution >= 4 is 29.2 Å². The summed E-state index contributed by atoms with van der Waals surface area (Å²) >= 11 is 6.02. The highest BCUT2D eigenvalue weighted by Crippen LogP contribution is 2.22. The summed E-state index contributed by atoms with van der Waals surface area (Å²) in [5, 5.41) is 2.99. The van der Waals surface area contributed by atoms with Crippen LogP contribution in [0.1, 0.15) is 35.3 Å². The minimum absolute atomic E-state index is 0.203. The van der Waals surface area contributed by atoms with Gasteiger partial charge in [-0.1, -0.05) is 17.7 Å². The smallest absolute Gasteiger partial charge is 0.339 e. The summed E-state index contributed by atoms with van der Waals surface area (Å²) in [4.78, 5) is 24.3. The van der Waals surface area contributed by atoms with Crippen LogP contribution in [-0.4, -0.2) is 24.6 Å². The fraction of sp³-hybridized carbons (Fsp3) is 0.300. The van der Waals surface area contributed by atoms with Crippen molar-refractivity contribution in [2.75, 3.05) is 11.9 Å². The first-order chi connectivity index (χ1) is 12.3. The molecule has 0 heterocycles. The molecule has 0 aliphatic rings. The first-order valence-corrected chi connectivity index (χ1v) is 8.70. The highest BCUT2D eigenvalue weighted by Gasteiger charge is 2.17. The normalized spacial score (nSPS) is 11.6. The predicted molar refractivity (Wildman–Crippen MR) is 102 cm³/mol. The van der Waals surface area contributed by atoms with E-state index in [-0.39, 0.29) is 23.1 Å². The Morgan fingerprint density at radius 1 is 1.12 bits per heavy atom. The van der Waals surface area contributed by atoms with E-state index in [0.29, 0.717) is 11.4 Å². The molecule has 0 unspecified atom stereocenters. The van der Waals surface area contributed by atoms with Gasteiger partial charge in [-0.25, -0.2) is 4.79 Å². The maximum atomic E-state index is 12.4. The number of halogens is 1. The first-order valence-electron chi connectivity index (χ1n) is 8.32. The van der Waals surface area contributed by atoms with Gasteiger partial charge in [0.15, 0.2) is 6.10 Å². The van der Waals surface area contributed by atoms with E-state index in [9.17, 15) is 9.59 Å². The molecule has 6 heteroatoms. The highest BCUT2D eigenvalue weighted by atomic mass is 35.5. The Kier molecular flexibility index (Phi) is 6.64. The van der Waals surface area contributed by atoms with Crippen LogP contribution >= 0.6 is 11.6 Å². The van der Waals surface area contributed by atoms with E-state index >= 15 is 0 Å². The minimum Gasteiger partial charge on any atom is -0.481 e. The molecule has 138 valence electrons. The van der Waals surface area contributed by atoms with E-state index in [4.69, 9.17) is 21.1 Å². The molecule has 0 radical (unpaired) electrons. The van der Waals surface area contributed by atoms with Gasteiger partial charge in [-0.15, -0.1) is 0 Å². The van der Waals surface area contributed by atoms with Crippen LogP contribution in [0.25, 0.3) is 0 Å². The number of hydrogen-bond acceptors (Lipinski definition) is 4. The third kappa shape index (κ3) is 5.23. The Morgan fingerprint density at radius 2 is 1.77 bits per heavy atom. The van der Waals surface area contributed by atoms with Crippen molar-refractivity contribution in [3.63, 3.8) is 0 Å². The molecule has 0 fully saturated rings. The van der Waals surface area contributed by atoms with Gasteiger partial charge in [0.25, 0.3) is 5.91 Å². The first kappa shape index (κ1) is 19.8. The van der Waals surface area contributed by atoms with E-state index in [1.165, 1.54) is 6.07 Å². The standard InChI is InChI=1S/C20H22ClNO4/c1-5-25-20(24)17-11-15(6-7-18(17)21)22-19(23)14(4)26-16-9-12(2)8-13(3)10-16/h6-11,14H,5H2,1-4H3,(H,22,23)/t14-/m0/s1. The molecule has 1 N–H and O–H groups in total. The molecule has 0 saturated carbocycles. The van der Waals surface area contributed by atoms with Gasteiger partial charge < -0.3 is 14.8 Å². The van der Waals surface area contributed by atoms with Crippen molar-refractivity contribution in [2.45, 2.75) is 33.8 Å². The van der Waals surface area contributed by atoms with Crippen LogP contribution in [-0.2, 0) is 9.53 Å². The van der Waals surface area contributed by atoms with Gasteiger partial charge in [0.2, 0.25) is 0 Å². The Bertz CT molecular complexity index is 799. The molecule has 5 nitrogen and oxygen atoms in total. The third-order valence-electron chi connectivity index (χ3n) is 3.61. The third-order valence-corrected chi connectivity index (χ3v) is 3.94. The second kappa shape index (κ2) is 8.72. The van der Waals surface area contributed by atoms with Crippen LogP contribution in [0.5, 0.6) is 5.75 Å². The van der Waals surface area contributed by atoms with Gasteiger partial charge in [0.05, 0.1) is 17.2 Å². The summed E-state index contributed by atoms with van der Waals surface area (Å²) in [7, 11) is 0. The van der Waals surface area contributed by atoms with Crippen molar-refractivity contribution in [2.24, 2.45) is 0 Å². The Labute approximate surface area is 158 Å². The molecule has 2 aromatic rings. The maximum Gasteiger partial charge on any atom is 0.339 e. The quantitative estimate of drug-likeness (QED) is 0.753. The second-order valence-corrected chi connectivity index (χ2v) is 6.40. The number of hydrogen-bond donors (Lipinski definition) is 1. The molecule has 1 amide bonds. The topological polar surface area (TPSA) is 64.6 Å². The number of anilines is 1. The maximum absolute atomic E-state index is 12.4. The largest absolute Gasteiger partial charge is 0.481 e. The number of carbonyl (C=O) groups is 2. The van der Waals surface area contributed by atoms with Gasteiger partial charge in [-0.2, -0.15) is 0 Å². The number of aryl methyl sites for hydroxylation is 2. The van der Waals surface area contributed by atoms with Gasteiger partial charge in [0.1, 0.15) is 5.75 Å². The molecule has 2 aromatic carbocycles. The summed E-state index contributed by atoms with van der Waals surface area (Å²) in [6.07, 6.45) is -0.710. The van der Waals surface area contributed by atoms with Crippen molar-refractivity contribution in [3.05, 3.63) is 58.1 Å². The molecule has 0 aromatic heterocycles. The van der Waals surface area contributed by atoms with Crippen LogP contribution in [0.2, 0.25) is 5.02 Å². The molecule has 26 heavy (non-hydrogen) atoms. The lowest BCUT2D eigenvalue weighted by Crippen LogP contribution is -2.30. The SMILES string of the molecule is CCOC(=O)c1cc(NC(=O)[C@H](C)Oc2cc(C)cc(C)c2)ccc1Cl. The van der Waals surface area contributed by atoms with E-state index in [1.54, 1.807) is 26.0 Å². The van der Waals surface area contributed by atoms with Crippen LogP contribution in [0.4, 0.5) is 5.69 Å². The summed E-state index contributed by atoms with van der Waals surface area (Å²) in [5.41, 5.74) is 2.77. The van der Waals surface area contributed by atoms with E-state index in [0.717, 1.165) is 11.1 Å². The second-order valence-electron chi connectivity index (χ2n) is 5.99. The average Bonchev–Trinajstić information content (AvgIpc) is 2.55. The summed E-state index contributed by atoms with van der Waals surface area (Å²) in [6, 6.07) is 10.4. The van der Waals surface area contributed by atoms with E-state index in [2.05, 4.69) is 5.32 Å². The van der Waals surface area contributed by atoms with Crippen molar-refractivity contribution in [1.29, 1.82) is 0 Å². The fourth-order valence-corrected chi connectivity index (χ4v) is 2.67. The number of ether oxygens (including phenoxy) is 2. The van der Waals surface area contributed by atoms with Crippen LogP contribution in [0.3, 0.4) is 0 Å². The number of rotatable bonds is 6. The van der Waals surface area contributed by atoms with Crippen LogP contribution < -0.4 is 10.1 Å². The minimum atomic E-state index is -0.710. The zero-order valence-electron chi connectivity index (χ0n) is 15.3. The monoisotopic (exact) mass is 375 g/mol. The average molecular weight is 376 g/mol. The predicted octanol–water partition coefficient (Wildman–Crippen LogP) is 4.54. The summed E-state index contributed by atoms with van der Waals surface area (Å²) < 4.78 is 10.7. The van der Waals surface area contributed by atoms with E-state index < -0.39 is 12.1 Å². The summed E-state index contributed by atoms with van der Waals surface area (Å²) in [6.45, 7) is 7.55. The van der Waals surface area contributed by atoms with Gasteiger partial charge in [0, 0.05) is 5.69 Å². The number of benzene rings is 2. The Hall–Kier alpha value is -2.53. The lowest BCUT2D eigenvalue weighted by molar-refractivity contribution is -0.122. The highest BCUT2D eigenvalue weighted by molar-refractivity contribution is 6.33. The molecule has 2 rings (SSSR count). The zero-order chi connectivity index (χ0) is 19.3. The lowest BCUT2D eigenvalue weighted by atomic mass is 10.1. The molecular weight excluding hydrogens is 354 g/mol. The molecule has 0 aliphatic heterocycles. The Morgan fingerprint density at radius 3 is 2.38 bits per heavy atom. The summed E-state index contributed by atoms with van der Waals surface area (Å²) in [5.74, 6) is -0.233. The van der Waals surface area contributed by atoms with E-state index in [1.807, 2.05) is 32.0 Å². The number of carbonyl (C=O) groups excluding carboxylic acids is 2. The molecule has 0 spiro atoms. The number of nitrogens with one attached hydrogen (secondary N) is 1. The van der Waals surface area contributed by atoms with Gasteiger partial charge in [-0.3, -0.25) is 4.79 Å². The van der Waals surface area contributed by atoms with Crippen LogP contribution in [0.15, 0.2) is 36.4 Å².